The largest absolute Gasteiger partial charge is 0.491 e. The molecule has 0 spiro atoms. The van der Waals surface area contributed by atoms with Crippen molar-refractivity contribution in [2.45, 2.75) is 24.8 Å². The molecule has 0 atom stereocenters. The molecule has 8 nitrogen and oxygen atoms in total. The van der Waals surface area contributed by atoms with E-state index in [0.717, 1.165) is 4.31 Å². The lowest BCUT2D eigenvalue weighted by atomic mass is 10.1. The van der Waals surface area contributed by atoms with Crippen molar-refractivity contribution in [1.29, 1.82) is 0 Å². The molecule has 0 aliphatic heterocycles. The number of aromatic carboxylic acids is 1. The molecule has 1 aromatic heterocycles. The van der Waals surface area contributed by atoms with Crippen molar-refractivity contribution in [2.75, 3.05) is 14.1 Å². The van der Waals surface area contributed by atoms with Gasteiger partial charge in [0.25, 0.3) is 0 Å². The zero-order valence-electron chi connectivity index (χ0n) is 15.7. The second-order valence-electron chi connectivity index (χ2n) is 6.70. The van der Waals surface area contributed by atoms with Crippen molar-refractivity contribution in [3.05, 3.63) is 46.1 Å². The molecule has 0 aliphatic rings. The number of carboxylic acid groups (broad SMARTS) is 1. The second kappa shape index (κ2) is 6.92. The average Bonchev–Trinajstić information content (AvgIpc) is 2.61. The summed E-state index contributed by atoms with van der Waals surface area (Å²) in [5, 5.41) is 9.20. The Balaban J connectivity index is 2.48. The zero-order chi connectivity index (χ0) is 20.8. The Bertz CT molecular complexity index is 1260. The minimum absolute atomic E-state index is 0.00591. The lowest BCUT2D eigenvalue weighted by Gasteiger charge is -2.16. The van der Waals surface area contributed by atoms with Gasteiger partial charge in [0.15, 0.2) is 5.58 Å². The normalized spacial score (nSPS) is 12.2. The molecule has 28 heavy (non-hydrogen) atoms. The summed E-state index contributed by atoms with van der Waals surface area (Å²) in [4.78, 5) is 24.0. The van der Waals surface area contributed by atoms with Crippen LogP contribution in [0.2, 0.25) is 0 Å². The van der Waals surface area contributed by atoms with E-state index < -0.39 is 21.4 Å². The van der Waals surface area contributed by atoms with Crippen LogP contribution in [0.1, 0.15) is 24.2 Å². The van der Waals surface area contributed by atoms with Crippen molar-refractivity contribution >= 4 is 37.9 Å². The SMILES string of the molecule is CC(C)Oc1cc(S(=O)(=O)N(C)C)c2oc3ccc(C(=O)O)cc3c(=O)c2c1. The van der Waals surface area contributed by atoms with Gasteiger partial charge in [-0.2, -0.15) is 0 Å². The third-order valence-electron chi connectivity index (χ3n) is 4.09. The molecular weight excluding hydrogens is 386 g/mol. The van der Waals surface area contributed by atoms with Gasteiger partial charge in [0.05, 0.1) is 22.4 Å². The molecular formula is C19H19NO7S. The van der Waals surface area contributed by atoms with Crippen LogP contribution in [0.4, 0.5) is 0 Å². The number of carboxylic acids is 1. The highest BCUT2D eigenvalue weighted by molar-refractivity contribution is 7.89. The van der Waals surface area contributed by atoms with E-state index in [2.05, 4.69) is 0 Å². The van der Waals surface area contributed by atoms with Crippen molar-refractivity contribution in [1.82, 2.24) is 4.31 Å². The van der Waals surface area contributed by atoms with Gasteiger partial charge in [-0.05, 0) is 38.1 Å². The van der Waals surface area contributed by atoms with E-state index in [1.807, 2.05) is 0 Å². The Morgan fingerprint density at radius 2 is 1.82 bits per heavy atom. The molecule has 0 unspecified atom stereocenters. The fraction of sp³-hybridized carbons (Fsp3) is 0.263. The number of sulfonamides is 1. The lowest BCUT2D eigenvalue weighted by Crippen LogP contribution is -2.23. The van der Waals surface area contributed by atoms with Crippen LogP contribution in [0.3, 0.4) is 0 Å². The van der Waals surface area contributed by atoms with Crippen molar-refractivity contribution in [3.63, 3.8) is 0 Å². The molecule has 0 amide bonds. The molecule has 148 valence electrons. The molecule has 0 fully saturated rings. The topological polar surface area (TPSA) is 114 Å². The summed E-state index contributed by atoms with van der Waals surface area (Å²) in [5.74, 6) is -0.988. The van der Waals surface area contributed by atoms with Gasteiger partial charge >= 0.3 is 5.97 Å². The Kier molecular flexibility index (Phi) is 4.90. The van der Waals surface area contributed by atoms with Crippen LogP contribution >= 0.6 is 0 Å². The van der Waals surface area contributed by atoms with Crippen LogP contribution < -0.4 is 10.2 Å². The highest BCUT2D eigenvalue weighted by atomic mass is 32.2. The minimum atomic E-state index is -3.94. The number of ether oxygens (including phenoxy) is 1. The summed E-state index contributed by atoms with van der Waals surface area (Å²) in [5.41, 5.74) is -0.626. The third-order valence-corrected chi connectivity index (χ3v) is 5.91. The third kappa shape index (κ3) is 3.34. The molecule has 0 bridgehead atoms. The maximum Gasteiger partial charge on any atom is 0.335 e. The highest BCUT2D eigenvalue weighted by Crippen LogP contribution is 2.31. The quantitative estimate of drug-likeness (QED) is 0.649. The monoisotopic (exact) mass is 405 g/mol. The Labute approximate surface area is 161 Å². The summed E-state index contributed by atoms with van der Waals surface area (Å²) in [6, 6.07) is 6.56. The van der Waals surface area contributed by atoms with Gasteiger partial charge in [0.1, 0.15) is 16.2 Å². The molecule has 2 aromatic carbocycles. The molecule has 0 radical (unpaired) electrons. The maximum absolute atomic E-state index is 13.0. The number of fused-ring (bicyclic) bond motifs is 2. The van der Waals surface area contributed by atoms with Crippen LogP contribution in [0.25, 0.3) is 21.9 Å². The highest BCUT2D eigenvalue weighted by Gasteiger charge is 2.25. The molecule has 1 N–H and O–H groups in total. The van der Waals surface area contributed by atoms with E-state index in [-0.39, 0.29) is 44.3 Å². The van der Waals surface area contributed by atoms with E-state index in [0.29, 0.717) is 0 Å². The van der Waals surface area contributed by atoms with Gasteiger partial charge < -0.3 is 14.3 Å². The van der Waals surface area contributed by atoms with Crippen LogP contribution in [0, 0.1) is 0 Å². The van der Waals surface area contributed by atoms with Gasteiger partial charge in [-0.25, -0.2) is 17.5 Å². The van der Waals surface area contributed by atoms with E-state index in [1.165, 1.54) is 44.4 Å². The average molecular weight is 405 g/mol. The summed E-state index contributed by atoms with van der Waals surface area (Å²) in [6.45, 7) is 3.54. The number of nitrogens with zero attached hydrogens (tertiary/aromatic N) is 1. The minimum Gasteiger partial charge on any atom is -0.491 e. The molecule has 0 aliphatic carbocycles. The Morgan fingerprint density at radius 3 is 2.39 bits per heavy atom. The van der Waals surface area contributed by atoms with Gasteiger partial charge in [-0.1, -0.05) is 0 Å². The van der Waals surface area contributed by atoms with Crippen LogP contribution in [-0.4, -0.2) is 44.0 Å². The van der Waals surface area contributed by atoms with E-state index >= 15 is 0 Å². The van der Waals surface area contributed by atoms with Gasteiger partial charge in [0.2, 0.25) is 15.5 Å². The van der Waals surface area contributed by atoms with Crippen molar-refractivity contribution in [2.24, 2.45) is 0 Å². The fourth-order valence-corrected chi connectivity index (χ4v) is 3.81. The predicted octanol–water partition coefficient (Wildman–Crippen LogP) is 2.68. The zero-order valence-corrected chi connectivity index (χ0v) is 16.5. The number of rotatable bonds is 5. The standard InChI is InChI=1S/C19H19NO7S/c1-10(2)26-12-8-14-17(21)13-7-11(19(22)23)5-6-15(13)27-18(14)16(9-12)28(24,25)20(3)4/h5-10H,1-4H3,(H,22,23). The van der Waals surface area contributed by atoms with Crippen molar-refractivity contribution < 1.29 is 27.5 Å². The number of carbonyl (C=O) groups is 1. The number of benzene rings is 2. The smallest absolute Gasteiger partial charge is 0.335 e. The van der Waals surface area contributed by atoms with Gasteiger partial charge in [-0.3, -0.25) is 4.79 Å². The molecule has 3 rings (SSSR count). The Morgan fingerprint density at radius 1 is 1.14 bits per heavy atom. The van der Waals surface area contributed by atoms with Gasteiger partial charge in [-0.15, -0.1) is 0 Å². The second-order valence-corrected chi connectivity index (χ2v) is 8.82. The summed E-state index contributed by atoms with van der Waals surface area (Å²) >= 11 is 0. The predicted molar refractivity (Wildman–Crippen MR) is 104 cm³/mol. The Hall–Kier alpha value is -2.91. The first kappa shape index (κ1) is 19.8. The van der Waals surface area contributed by atoms with E-state index in [9.17, 15) is 18.0 Å². The summed E-state index contributed by atoms with van der Waals surface area (Å²) in [6.07, 6.45) is -0.251. The van der Waals surface area contributed by atoms with Crippen LogP contribution in [0.5, 0.6) is 5.75 Å². The molecule has 9 heteroatoms. The fourth-order valence-electron chi connectivity index (χ4n) is 2.76. The van der Waals surface area contributed by atoms with Crippen molar-refractivity contribution in [3.8, 4) is 5.75 Å². The molecule has 0 saturated heterocycles. The van der Waals surface area contributed by atoms with Crippen LogP contribution in [0.15, 0.2) is 44.4 Å². The lowest BCUT2D eigenvalue weighted by molar-refractivity contribution is 0.0697. The van der Waals surface area contributed by atoms with E-state index in [1.54, 1.807) is 13.8 Å². The first-order chi connectivity index (χ1) is 13.0. The van der Waals surface area contributed by atoms with Gasteiger partial charge in [0, 0.05) is 20.2 Å². The summed E-state index contributed by atoms with van der Waals surface area (Å²) in [7, 11) is -1.20. The molecule has 3 aromatic rings. The number of hydrogen-bond acceptors (Lipinski definition) is 6. The summed E-state index contributed by atoms with van der Waals surface area (Å²) < 4.78 is 38.0. The molecule has 0 saturated carbocycles. The van der Waals surface area contributed by atoms with Crippen LogP contribution in [-0.2, 0) is 10.0 Å². The first-order valence-electron chi connectivity index (χ1n) is 8.39. The molecule has 1 heterocycles. The maximum atomic E-state index is 13.0. The number of hydrogen-bond donors (Lipinski definition) is 1. The first-order valence-corrected chi connectivity index (χ1v) is 9.83. The van der Waals surface area contributed by atoms with E-state index in [4.69, 9.17) is 14.3 Å².